The Hall–Kier alpha value is -1.94. The number of hydrogen-bond donors (Lipinski definition) is 0. The lowest BCUT2D eigenvalue weighted by Crippen LogP contribution is -1.99. The van der Waals surface area contributed by atoms with E-state index in [1.165, 1.54) is 17.6 Å². The van der Waals surface area contributed by atoms with Crippen LogP contribution in [0.3, 0.4) is 0 Å². The highest BCUT2D eigenvalue weighted by atomic mass is 79.9. The molecule has 0 bridgehead atoms. The van der Waals surface area contributed by atoms with Crippen molar-refractivity contribution >= 4 is 26.7 Å². The molecule has 21 heavy (non-hydrogen) atoms. The molecule has 2 aromatic carbocycles. The Kier molecular flexibility index (Phi) is 4.15. The summed E-state index contributed by atoms with van der Waals surface area (Å²) in [6.45, 7) is 0.295. The molecule has 3 rings (SSSR count). The van der Waals surface area contributed by atoms with Gasteiger partial charge >= 0.3 is 0 Å². The summed E-state index contributed by atoms with van der Waals surface area (Å²) in [4.78, 5) is 3.82. The van der Waals surface area contributed by atoms with E-state index in [0.29, 0.717) is 17.5 Å². The van der Waals surface area contributed by atoms with Crippen LogP contribution in [0.4, 0.5) is 4.39 Å². The topological polar surface area (TPSA) is 22.1 Å². The molecule has 106 valence electrons. The molecule has 0 aliphatic heterocycles. The van der Waals surface area contributed by atoms with Crippen molar-refractivity contribution in [1.82, 2.24) is 4.98 Å². The molecule has 0 saturated heterocycles. The number of nitrogens with zero attached hydrogens (tertiary/aromatic N) is 1. The molecule has 1 heterocycles. The van der Waals surface area contributed by atoms with Crippen LogP contribution in [0.2, 0.25) is 0 Å². The van der Waals surface area contributed by atoms with E-state index in [9.17, 15) is 4.39 Å². The Balaban J connectivity index is 1.90. The zero-order valence-corrected chi connectivity index (χ0v) is 12.8. The predicted molar refractivity (Wildman–Crippen MR) is 85.1 cm³/mol. The number of alkyl halides is 1. The van der Waals surface area contributed by atoms with Crippen LogP contribution in [0.5, 0.6) is 5.75 Å². The van der Waals surface area contributed by atoms with Crippen LogP contribution in [-0.4, -0.2) is 4.98 Å². The standard InChI is InChI=1S/C17H13BrFNO/c18-8-16-15-4-2-1-3-13(15)5-6-17(16)21-11-12-7-14(19)10-20-9-12/h1-7,9-10H,8,11H2. The second-order valence-corrected chi connectivity index (χ2v) is 5.26. The first-order valence-corrected chi connectivity index (χ1v) is 7.69. The summed E-state index contributed by atoms with van der Waals surface area (Å²) in [5.41, 5.74) is 1.81. The van der Waals surface area contributed by atoms with Crippen LogP contribution in [-0.2, 0) is 11.9 Å². The fourth-order valence-electron chi connectivity index (χ4n) is 2.28. The molecule has 1 aromatic heterocycles. The lowest BCUT2D eigenvalue weighted by Gasteiger charge is -2.12. The maximum absolute atomic E-state index is 13.1. The predicted octanol–water partition coefficient (Wildman–Crippen LogP) is 4.85. The summed E-state index contributed by atoms with van der Waals surface area (Å²) in [6, 6.07) is 13.6. The number of pyridine rings is 1. The molecule has 4 heteroatoms. The smallest absolute Gasteiger partial charge is 0.141 e. The number of fused-ring (bicyclic) bond motifs is 1. The third-order valence-electron chi connectivity index (χ3n) is 3.29. The van der Waals surface area contributed by atoms with Crippen molar-refractivity contribution in [2.24, 2.45) is 0 Å². The van der Waals surface area contributed by atoms with Gasteiger partial charge in [0, 0.05) is 22.7 Å². The number of rotatable bonds is 4. The van der Waals surface area contributed by atoms with E-state index in [-0.39, 0.29) is 5.82 Å². The fourth-order valence-corrected chi connectivity index (χ4v) is 2.86. The van der Waals surface area contributed by atoms with Crippen LogP contribution >= 0.6 is 15.9 Å². The quantitative estimate of drug-likeness (QED) is 0.630. The lowest BCUT2D eigenvalue weighted by atomic mass is 10.0. The van der Waals surface area contributed by atoms with Gasteiger partial charge in [-0.3, -0.25) is 4.98 Å². The molecule has 3 aromatic rings. The van der Waals surface area contributed by atoms with Gasteiger partial charge in [-0.05, 0) is 22.9 Å². The van der Waals surface area contributed by atoms with Crippen molar-refractivity contribution in [3.63, 3.8) is 0 Å². The first-order valence-electron chi connectivity index (χ1n) is 6.57. The number of aromatic nitrogens is 1. The molecule has 0 aliphatic carbocycles. The molecule has 0 N–H and O–H groups in total. The highest BCUT2D eigenvalue weighted by molar-refractivity contribution is 9.08. The zero-order chi connectivity index (χ0) is 14.7. The van der Waals surface area contributed by atoms with Gasteiger partial charge in [0.05, 0.1) is 6.20 Å². The Morgan fingerprint density at radius 1 is 1.10 bits per heavy atom. The van der Waals surface area contributed by atoms with Gasteiger partial charge in [0.2, 0.25) is 0 Å². The minimum atomic E-state index is -0.352. The third kappa shape index (κ3) is 3.05. The Morgan fingerprint density at radius 2 is 1.95 bits per heavy atom. The summed E-state index contributed by atoms with van der Waals surface area (Å²) in [5.74, 6) is 0.449. The molecule has 0 spiro atoms. The van der Waals surface area contributed by atoms with Gasteiger partial charge in [0.25, 0.3) is 0 Å². The highest BCUT2D eigenvalue weighted by Crippen LogP contribution is 2.30. The number of hydrogen-bond acceptors (Lipinski definition) is 2. The maximum atomic E-state index is 13.1. The largest absolute Gasteiger partial charge is 0.489 e. The van der Waals surface area contributed by atoms with Crippen LogP contribution in [0, 0.1) is 5.82 Å². The molecular weight excluding hydrogens is 333 g/mol. The molecule has 0 aliphatic rings. The number of halogens is 2. The van der Waals surface area contributed by atoms with Gasteiger partial charge in [-0.2, -0.15) is 0 Å². The first-order chi connectivity index (χ1) is 10.3. The maximum Gasteiger partial charge on any atom is 0.141 e. The molecule has 0 amide bonds. The molecular formula is C17H13BrFNO. The number of benzene rings is 2. The minimum Gasteiger partial charge on any atom is -0.489 e. The SMILES string of the molecule is Fc1cncc(COc2ccc3ccccc3c2CBr)c1. The van der Waals surface area contributed by atoms with Crippen LogP contribution in [0.1, 0.15) is 11.1 Å². The van der Waals surface area contributed by atoms with Gasteiger partial charge in [-0.15, -0.1) is 0 Å². The van der Waals surface area contributed by atoms with E-state index in [4.69, 9.17) is 4.74 Å². The van der Waals surface area contributed by atoms with Crippen molar-refractivity contribution in [2.45, 2.75) is 11.9 Å². The van der Waals surface area contributed by atoms with E-state index in [2.05, 4.69) is 33.0 Å². The van der Waals surface area contributed by atoms with Crippen molar-refractivity contribution < 1.29 is 9.13 Å². The van der Waals surface area contributed by atoms with E-state index >= 15 is 0 Å². The number of ether oxygens (including phenoxy) is 1. The molecule has 0 fully saturated rings. The molecule has 0 unspecified atom stereocenters. The minimum absolute atomic E-state index is 0.295. The monoisotopic (exact) mass is 345 g/mol. The highest BCUT2D eigenvalue weighted by Gasteiger charge is 2.08. The van der Waals surface area contributed by atoms with E-state index in [1.54, 1.807) is 6.20 Å². The third-order valence-corrected chi connectivity index (χ3v) is 3.85. The summed E-state index contributed by atoms with van der Waals surface area (Å²) in [7, 11) is 0. The van der Waals surface area contributed by atoms with E-state index < -0.39 is 0 Å². The lowest BCUT2D eigenvalue weighted by molar-refractivity contribution is 0.303. The normalized spacial score (nSPS) is 10.8. The van der Waals surface area contributed by atoms with E-state index in [0.717, 1.165) is 16.7 Å². The van der Waals surface area contributed by atoms with Crippen molar-refractivity contribution in [2.75, 3.05) is 0 Å². The van der Waals surface area contributed by atoms with Crippen LogP contribution in [0.25, 0.3) is 10.8 Å². The van der Waals surface area contributed by atoms with Gasteiger partial charge in [-0.1, -0.05) is 46.3 Å². The summed E-state index contributed by atoms with van der Waals surface area (Å²) < 4.78 is 19.0. The van der Waals surface area contributed by atoms with Gasteiger partial charge in [-0.25, -0.2) is 4.39 Å². The Labute approximate surface area is 130 Å². The van der Waals surface area contributed by atoms with Crippen molar-refractivity contribution in [1.29, 1.82) is 0 Å². The van der Waals surface area contributed by atoms with Gasteiger partial charge in [0.1, 0.15) is 18.2 Å². The zero-order valence-electron chi connectivity index (χ0n) is 11.2. The van der Waals surface area contributed by atoms with Gasteiger partial charge in [0.15, 0.2) is 0 Å². The molecule has 2 nitrogen and oxygen atoms in total. The average Bonchev–Trinajstić information content (AvgIpc) is 2.52. The summed E-state index contributed by atoms with van der Waals surface area (Å²) in [5, 5.41) is 3.03. The Bertz CT molecular complexity index is 776. The van der Waals surface area contributed by atoms with Crippen LogP contribution in [0.15, 0.2) is 54.9 Å². The van der Waals surface area contributed by atoms with Crippen molar-refractivity contribution in [3.05, 3.63) is 71.8 Å². The fraction of sp³-hybridized carbons (Fsp3) is 0.118. The van der Waals surface area contributed by atoms with E-state index in [1.807, 2.05) is 24.3 Å². The molecule has 0 saturated carbocycles. The first kappa shape index (κ1) is 14.0. The van der Waals surface area contributed by atoms with Crippen LogP contribution < -0.4 is 4.74 Å². The Morgan fingerprint density at radius 3 is 2.76 bits per heavy atom. The molecule has 0 atom stereocenters. The summed E-state index contributed by atoms with van der Waals surface area (Å²) in [6.07, 6.45) is 2.79. The second kappa shape index (κ2) is 6.22. The second-order valence-electron chi connectivity index (χ2n) is 4.70. The van der Waals surface area contributed by atoms with Gasteiger partial charge < -0.3 is 4.74 Å². The molecule has 0 radical (unpaired) electrons. The average molecular weight is 346 g/mol. The summed E-state index contributed by atoms with van der Waals surface area (Å²) >= 11 is 3.51. The van der Waals surface area contributed by atoms with Crippen molar-refractivity contribution in [3.8, 4) is 5.75 Å².